The standard InChI is InChI=1S/C11H7F3N2O2/c1-5-2-9(11(17)18)15-16(5)10-4-7(13)6(12)3-8(10)14/h2-4H,1H3,(H,17,18). The second kappa shape index (κ2) is 4.17. The molecule has 0 amide bonds. The molecule has 1 aromatic carbocycles. The van der Waals surface area contributed by atoms with Gasteiger partial charge in [-0.2, -0.15) is 5.10 Å². The van der Waals surface area contributed by atoms with E-state index in [2.05, 4.69) is 5.10 Å². The van der Waals surface area contributed by atoms with Crippen LogP contribution in [0, 0.1) is 24.4 Å². The summed E-state index contributed by atoms with van der Waals surface area (Å²) < 4.78 is 40.2. The minimum Gasteiger partial charge on any atom is -0.476 e. The lowest BCUT2D eigenvalue weighted by Gasteiger charge is -2.06. The van der Waals surface area contributed by atoms with E-state index in [-0.39, 0.29) is 17.1 Å². The number of nitrogens with zero attached hydrogens (tertiary/aromatic N) is 2. The summed E-state index contributed by atoms with van der Waals surface area (Å²) >= 11 is 0. The van der Waals surface area contributed by atoms with Gasteiger partial charge in [0.25, 0.3) is 0 Å². The van der Waals surface area contributed by atoms with Crippen LogP contribution < -0.4 is 0 Å². The number of hydrogen-bond acceptors (Lipinski definition) is 2. The fraction of sp³-hybridized carbons (Fsp3) is 0.0909. The zero-order valence-corrected chi connectivity index (χ0v) is 9.12. The molecule has 0 bridgehead atoms. The van der Waals surface area contributed by atoms with Crippen LogP contribution >= 0.6 is 0 Å². The Morgan fingerprint density at radius 3 is 2.33 bits per heavy atom. The van der Waals surface area contributed by atoms with Gasteiger partial charge in [-0.3, -0.25) is 0 Å². The number of aryl methyl sites for hydroxylation is 1. The molecule has 1 heterocycles. The largest absolute Gasteiger partial charge is 0.476 e. The normalized spacial score (nSPS) is 10.7. The van der Waals surface area contributed by atoms with E-state index in [1.54, 1.807) is 0 Å². The lowest BCUT2D eigenvalue weighted by atomic mass is 10.2. The summed E-state index contributed by atoms with van der Waals surface area (Å²) in [5.41, 5.74) is -0.368. The fourth-order valence-electron chi connectivity index (χ4n) is 1.50. The molecular weight excluding hydrogens is 249 g/mol. The zero-order valence-electron chi connectivity index (χ0n) is 9.12. The number of carboxylic acid groups (broad SMARTS) is 1. The highest BCUT2D eigenvalue weighted by molar-refractivity contribution is 5.85. The molecule has 4 nitrogen and oxygen atoms in total. The van der Waals surface area contributed by atoms with Crippen molar-refractivity contribution in [3.05, 3.63) is 47.0 Å². The van der Waals surface area contributed by atoms with Crippen molar-refractivity contribution in [3.8, 4) is 5.69 Å². The number of aromatic nitrogens is 2. The lowest BCUT2D eigenvalue weighted by Crippen LogP contribution is -2.05. The summed E-state index contributed by atoms with van der Waals surface area (Å²) in [4.78, 5) is 10.7. The number of rotatable bonds is 2. The van der Waals surface area contributed by atoms with E-state index in [9.17, 15) is 18.0 Å². The Balaban J connectivity index is 2.62. The predicted molar refractivity (Wildman–Crippen MR) is 55.1 cm³/mol. The molecule has 0 saturated heterocycles. The molecule has 0 aliphatic rings. The molecule has 1 aromatic heterocycles. The lowest BCUT2D eigenvalue weighted by molar-refractivity contribution is 0.0690. The number of hydrogen-bond donors (Lipinski definition) is 1. The molecule has 2 aromatic rings. The molecule has 94 valence electrons. The minimum absolute atomic E-state index is 0.289. The van der Waals surface area contributed by atoms with Crippen molar-refractivity contribution in [1.29, 1.82) is 0 Å². The SMILES string of the molecule is Cc1cc(C(=O)O)nn1-c1cc(F)c(F)cc1F. The van der Waals surface area contributed by atoms with Crippen LogP contribution in [0.1, 0.15) is 16.2 Å². The van der Waals surface area contributed by atoms with Gasteiger partial charge < -0.3 is 5.11 Å². The third kappa shape index (κ3) is 1.94. The molecule has 0 saturated carbocycles. The van der Waals surface area contributed by atoms with Crippen molar-refractivity contribution in [2.75, 3.05) is 0 Å². The Morgan fingerprint density at radius 2 is 1.78 bits per heavy atom. The number of benzene rings is 1. The first-order valence-electron chi connectivity index (χ1n) is 4.85. The Labute approximate surface area is 99.3 Å². The summed E-state index contributed by atoms with van der Waals surface area (Å²) in [6, 6.07) is 2.20. The summed E-state index contributed by atoms with van der Waals surface area (Å²) in [7, 11) is 0. The molecule has 0 unspecified atom stereocenters. The molecule has 0 aliphatic carbocycles. The maximum Gasteiger partial charge on any atom is 0.356 e. The van der Waals surface area contributed by atoms with Crippen molar-refractivity contribution in [3.63, 3.8) is 0 Å². The molecule has 0 aliphatic heterocycles. The molecule has 18 heavy (non-hydrogen) atoms. The van der Waals surface area contributed by atoms with Crippen LogP contribution in [0.3, 0.4) is 0 Å². The van der Waals surface area contributed by atoms with Gasteiger partial charge in [0.1, 0.15) is 5.69 Å². The van der Waals surface area contributed by atoms with Gasteiger partial charge in [0.2, 0.25) is 0 Å². The Hall–Kier alpha value is -2.31. The smallest absolute Gasteiger partial charge is 0.356 e. The summed E-state index contributed by atoms with van der Waals surface area (Å²) in [5.74, 6) is -4.88. The third-order valence-electron chi connectivity index (χ3n) is 2.32. The Bertz CT molecular complexity index is 637. The first-order chi connectivity index (χ1) is 8.40. The summed E-state index contributed by atoms with van der Waals surface area (Å²) in [6.45, 7) is 1.47. The van der Waals surface area contributed by atoms with Gasteiger partial charge in [-0.15, -0.1) is 0 Å². The van der Waals surface area contributed by atoms with E-state index < -0.39 is 23.4 Å². The molecule has 7 heteroatoms. The van der Waals surface area contributed by atoms with Crippen molar-refractivity contribution >= 4 is 5.97 Å². The van der Waals surface area contributed by atoms with Gasteiger partial charge in [-0.25, -0.2) is 22.6 Å². The topological polar surface area (TPSA) is 55.1 Å². The minimum atomic E-state index is -1.32. The quantitative estimate of drug-likeness (QED) is 0.839. The van der Waals surface area contributed by atoms with Gasteiger partial charge in [-0.05, 0) is 13.0 Å². The molecule has 1 N–H and O–H groups in total. The van der Waals surface area contributed by atoms with Crippen LogP contribution in [0.15, 0.2) is 18.2 Å². The number of aromatic carboxylic acids is 1. The maximum absolute atomic E-state index is 13.5. The third-order valence-corrected chi connectivity index (χ3v) is 2.32. The van der Waals surface area contributed by atoms with Crippen molar-refractivity contribution < 1.29 is 23.1 Å². The van der Waals surface area contributed by atoms with Crippen LogP contribution in [-0.4, -0.2) is 20.9 Å². The summed E-state index contributed by atoms with van der Waals surface area (Å²) in [6.07, 6.45) is 0. The van der Waals surface area contributed by atoms with Crippen molar-refractivity contribution in [1.82, 2.24) is 9.78 Å². The van der Waals surface area contributed by atoms with E-state index >= 15 is 0 Å². The highest BCUT2D eigenvalue weighted by atomic mass is 19.2. The van der Waals surface area contributed by atoms with Crippen LogP contribution in [0.25, 0.3) is 5.69 Å². The molecule has 0 radical (unpaired) electrons. The Kier molecular flexibility index (Phi) is 2.82. The van der Waals surface area contributed by atoms with Gasteiger partial charge in [0.15, 0.2) is 23.1 Å². The zero-order chi connectivity index (χ0) is 13.4. The van der Waals surface area contributed by atoms with Crippen molar-refractivity contribution in [2.24, 2.45) is 0 Å². The van der Waals surface area contributed by atoms with Crippen LogP contribution in [0.2, 0.25) is 0 Å². The predicted octanol–water partition coefficient (Wildman–Crippen LogP) is 2.30. The molecule has 0 fully saturated rings. The van der Waals surface area contributed by atoms with Gasteiger partial charge in [0, 0.05) is 17.8 Å². The van der Waals surface area contributed by atoms with E-state index in [1.807, 2.05) is 0 Å². The van der Waals surface area contributed by atoms with Crippen LogP contribution in [-0.2, 0) is 0 Å². The second-order valence-electron chi connectivity index (χ2n) is 3.61. The average Bonchev–Trinajstić information content (AvgIpc) is 2.66. The van der Waals surface area contributed by atoms with E-state index in [1.165, 1.54) is 13.0 Å². The number of carbonyl (C=O) groups is 1. The second-order valence-corrected chi connectivity index (χ2v) is 3.61. The highest BCUT2D eigenvalue weighted by Crippen LogP contribution is 2.19. The molecule has 2 rings (SSSR count). The first-order valence-corrected chi connectivity index (χ1v) is 4.85. The fourth-order valence-corrected chi connectivity index (χ4v) is 1.50. The van der Waals surface area contributed by atoms with Gasteiger partial charge >= 0.3 is 5.97 Å². The van der Waals surface area contributed by atoms with E-state index in [0.29, 0.717) is 12.1 Å². The van der Waals surface area contributed by atoms with Gasteiger partial charge in [0.05, 0.1) is 0 Å². The van der Waals surface area contributed by atoms with Crippen molar-refractivity contribution in [2.45, 2.75) is 6.92 Å². The molecular formula is C11H7F3N2O2. The maximum atomic E-state index is 13.5. The summed E-state index contributed by atoms with van der Waals surface area (Å²) in [5, 5.41) is 12.3. The number of halogens is 3. The first kappa shape index (κ1) is 12.2. The van der Waals surface area contributed by atoms with Crippen LogP contribution in [0.5, 0.6) is 0 Å². The monoisotopic (exact) mass is 256 g/mol. The van der Waals surface area contributed by atoms with E-state index in [0.717, 1.165) is 4.68 Å². The van der Waals surface area contributed by atoms with Crippen LogP contribution in [0.4, 0.5) is 13.2 Å². The van der Waals surface area contributed by atoms with Gasteiger partial charge in [-0.1, -0.05) is 0 Å². The number of carboxylic acids is 1. The average molecular weight is 256 g/mol. The molecule has 0 spiro atoms. The molecule has 0 atom stereocenters. The van der Waals surface area contributed by atoms with E-state index in [4.69, 9.17) is 5.11 Å². The highest BCUT2D eigenvalue weighted by Gasteiger charge is 2.16. The Morgan fingerprint density at radius 1 is 1.17 bits per heavy atom.